The minimum absolute atomic E-state index is 0.0914. The number of piperazine rings is 1. The van der Waals surface area contributed by atoms with E-state index in [0.717, 1.165) is 36.1 Å². The van der Waals surface area contributed by atoms with Crippen molar-refractivity contribution in [2.24, 2.45) is 0 Å². The molecule has 1 aliphatic heterocycles. The van der Waals surface area contributed by atoms with Gasteiger partial charge in [0, 0.05) is 42.3 Å². The summed E-state index contributed by atoms with van der Waals surface area (Å²) in [5, 5.41) is 6.58. The van der Waals surface area contributed by atoms with Gasteiger partial charge in [0.1, 0.15) is 10.7 Å². The molecule has 0 radical (unpaired) electrons. The van der Waals surface area contributed by atoms with E-state index in [1.165, 1.54) is 0 Å². The van der Waals surface area contributed by atoms with Crippen LogP contribution in [0, 0.1) is 0 Å². The molecule has 1 aromatic carbocycles. The highest BCUT2D eigenvalue weighted by atomic mass is 35.5. The molecule has 0 saturated carbocycles. The monoisotopic (exact) mass is 402 g/mol. The Balaban J connectivity index is 1.28. The fourth-order valence-electron chi connectivity index (χ4n) is 2.99. The lowest BCUT2D eigenvalue weighted by atomic mass is 10.3. The molecule has 1 aliphatic rings. The van der Waals surface area contributed by atoms with Crippen molar-refractivity contribution < 1.29 is 9.21 Å². The molecule has 0 bridgehead atoms. The van der Waals surface area contributed by atoms with Crippen LogP contribution in [0.3, 0.4) is 0 Å². The Morgan fingerprint density at radius 3 is 2.81 bits per heavy atom. The number of carbonyl (C=O) groups excluding carboxylic acids is 1. The van der Waals surface area contributed by atoms with Gasteiger partial charge in [0.15, 0.2) is 5.76 Å². The molecule has 27 heavy (non-hydrogen) atoms. The third-order valence-electron chi connectivity index (χ3n) is 4.42. The van der Waals surface area contributed by atoms with E-state index in [4.69, 9.17) is 16.0 Å². The minimum atomic E-state index is -0.0914. The molecule has 3 heterocycles. The summed E-state index contributed by atoms with van der Waals surface area (Å²) < 4.78 is 5.39. The fourth-order valence-corrected chi connectivity index (χ4v) is 4.01. The average Bonchev–Trinajstić information content (AvgIpc) is 3.34. The number of rotatable bonds is 4. The van der Waals surface area contributed by atoms with Crippen molar-refractivity contribution in [1.82, 2.24) is 14.8 Å². The predicted molar refractivity (Wildman–Crippen MR) is 107 cm³/mol. The quantitative estimate of drug-likeness (QED) is 0.702. The topological polar surface area (TPSA) is 61.6 Å². The molecule has 2 amide bonds. The summed E-state index contributed by atoms with van der Waals surface area (Å²) in [6.07, 6.45) is 1.65. The number of aromatic nitrogens is 1. The number of thiazole rings is 1. The molecule has 0 spiro atoms. The summed E-state index contributed by atoms with van der Waals surface area (Å²) in [5.74, 6) is 0.792. The van der Waals surface area contributed by atoms with Gasteiger partial charge in [0.25, 0.3) is 0 Å². The van der Waals surface area contributed by atoms with E-state index in [1.54, 1.807) is 29.7 Å². The second-order valence-electron chi connectivity index (χ2n) is 6.31. The van der Waals surface area contributed by atoms with E-state index in [2.05, 4.69) is 15.2 Å². The lowest BCUT2D eigenvalue weighted by Crippen LogP contribution is -2.49. The summed E-state index contributed by atoms with van der Waals surface area (Å²) in [6, 6.07) is 10.9. The third-order valence-corrected chi connectivity index (χ3v) is 5.49. The van der Waals surface area contributed by atoms with E-state index in [0.29, 0.717) is 23.8 Å². The van der Waals surface area contributed by atoms with Crippen molar-refractivity contribution in [3.05, 3.63) is 58.1 Å². The van der Waals surface area contributed by atoms with Gasteiger partial charge in [-0.15, -0.1) is 11.3 Å². The van der Waals surface area contributed by atoms with Crippen LogP contribution >= 0.6 is 22.9 Å². The van der Waals surface area contributed by atoms with E-state index in [1.807, 2.05) is 34.5 Å². The van der Waals surface area contributed by atoms with Crippen molar-refractivity contribution >= 4 is 34.7 Å². The molecule has 0 aliphatic carbocycles. The number of hydrogen-bond donors (Lipinski definition) is 1. The van der Waals surface area contributed by atoms with Gasteiger partial charge in [-0.05, 0) is 30.3 Å². The highest BCUT2D eigenvalue weighted by Crippen LogP contribution is 2.23. The van der Waals surface area contributed by atoms with Gasteiger partial charge in [-0.25, -0.2) is 9.78 Å². The van der Waals surface area contributed by atoms with Crippen molar-refractivity contribution in [2.45, 2.75) is 6.54 Å². The predicted octanol–water partition coefficient (Wildman–Crippen LogP) is 4.41. The Bertz CT molecular complexity index is 904. The summed E-state index contributed by atoms with van der Waals surface area (Å²) >= 11 is 7.60. The zero-order chi connectivity index (χ0) is 18.6. The highest BCUT2D eigenvalue weighted by molar-refractivity contribution is 7.09. The molecule has 6 nitrogen and oxygen atoms in total. The molecule has 140 valence electrons. The first-order valence-corrected chi connectivity index (χ1v) is 9.95. The van der Waals surface area contributed by atoms with Gasteiger partial charge in [-0.1, -0.05) is 17.7 Å². The number of carbonyl (C=O) groups is 1. The molecule has 2 aromatic heterocycles. The summed E-state index contributed by atoms with van der Waals surface area (Å²) in [4.78, 5) is 21.2. The molecule has 1 N–H and O–H groups in total. The minimum Gasteiger partial charge on any atom is -0.463 e. The number of nitrogens with zero attached hydrogens (tertiary/aromatic N) is 3. The highest BCUT2D eigenvalue weighted by Gasteiger charge is 2.22. The molecule has 0 atom stereocenters. The first-order valence-electron chi connectivity index (χ1n) is 8.69. The molecule has 8 heteroatoms. The SMILES string of the molecule is O=C(Nc1cccc(Cl)c1)N1CCN(Cc2nc(-c3ccco3)cs2)CC1. The fraction of sp³-hybridized carbons (Fsp3) is 0.263. The largest absolute Gasteiger partial charge is 0.463 e. The molecule has 3 aromatic rings. The van der Waals surface area contributed by atoms with E-state index in [9.17, 15) is 4.79 Å². The first-order chi connectivity index (χ1) is 13.2. The van der Waals surface area contributed by atoms with Crippen molar-refractivity contribution in [2.75, 3.05) is 31.5 Å². The van der Waals surface area contributed by atoms with Gasteiger partial charge in [0.05, 0.1) is 12.8 Å². The van der Waals surface area contributed by atoms with Gasteiger partial charge >= 0.3 is 6.03 Å². The van der Waals surface area contributed by atoms with E-state index >= 15 is 0 Å². The Hall–Kier alpha value is -2.35. The summed E-state index contributed by atoms with van der Waals surface area (Å²) in [5.41, 5.74) is 1.59. The Labute approximate surface area is 166 Å². The van der Waals surface area contributed by atoms with Gasteiger partial charge in [-0.2, -0.15) is 0 Å². The zero-order valence-electron chi connectivity index (χ0n) is 14.6. The van der Waals surface area contributed by atoms with E-state index in [-0.39, 0.29) is 6.03 Å². The number of halogens is 1. The maximum Gasteiger partial charge on any atom is 0.321 e. The van der Waals surface area contributed by atoms with Crippen LogP contribution in [0.25, 0.3) is 11.5 Å². The number of anilines is 1. The number of nitrogens with one attached hydrogen (secondary N) is 1. The second-order valence-corrected chi connectivity index (χ2v) is 7.69. The molecule has 0 unspecified atom stereocenters. The third kappa shape index (κ3) is 4.50. The number of urea groups is 1. The van der Waals surface area contributed by atoms with Crippen molar-refractivity contribution in [3.63, 3.8) is 0 Å². The van der Waals surface area contributed by atoms with Crippen LogP contribution in [0.2, 0.25) is 5.02 Å². The van der Waals surface area contributed by atoms with Gasteiger partial charge < -0.3 is 14.6 Å². The van der Waals surface area contributed by atoms with Crippen LogP contribution in [-0.2, 0) is 6.54 Å². The lowest BCUT2D eigenvalue weighted by Gasteiger charge is -2.34. The summed E-state index contributed by atoms with van der Waals surface area (Å²) in [6.45, 7) is 3.79. The van der Waals surface area contributed by atoms with Crippen LogP contribution in [0.1, 0.15) is 5.01 Å². The maximum atomic E-state index is 12.4. The van der Waals surface area contributed by atoms with Crippen LogP contribution < -0.4 is 5.32 Å². The van der Waals surface area contributed by atoms with Crippen LogP contribution in [0.15, 0.2) is 52.5 Å². The summed E-state index contributed by atoms with van der Waals surface area (Å²) in [7, 11) is 0. The molecule has 4 rings (SSSR count). The average molecular weight is 403 g/mol. The van der Waals surface area contributed by atoms with Crippen LogP contribution in [-0.4, -0.2) is 47.0 Å². The smallest absolute Gasteiger partial charge is 0.321 e. The molecule has 1 fully saturated rings. The van der Waals surface area contributed by atoms with Crippen LogP contribution in [0.5, 0.6) is 0 Å². The Kier molecular flexibility index (Phi) is 5.42. The molecular weight excluding hydrogens is 384 g/mol. The van der Waals surface area contributed by atoms with Crippen molar-refractivity contribution in [1.29, 1.82) is 0 Å². The number of benzene rings is 1. The zero-order valence-corrected chi connectivity index (χ0v) is 16.2. The van der Waals surface area contributed by atoms with Crippen LogP contribution in [0.4, 0.5) is 10.5 Å². The molecular formula is C19H19ClN4O2S. The van der Waals surface area contributed by atoms with Gasteiger partial charge in [0.2, 0.25) is 0 Å². The Morgan fingerprint density at radius 1 is 1.22 bits per heavy atom. The number of amides is 2. The normalized spacial score (nSPS) is 15.1. The maximum absolute atomic E-state index is 12.4. The number of furan rings is 1. The second kappa shape index (κ2) is 8.12. The lowest BCUT2D eigenvalue weighted by molar-refractivity contribution is 0.143. The standard InChI is InChI=1S/C19H19ClN4O2S/c20-14-3-1-4-15(11-14)21-19(25)24-8-6-23(7-9-24)12-18-22-16(13-27-18)17-5-2-10-26-17/h1-5,10-11,13H,6-9,12H2,(H,21,25). The molecule has 1 saturated heterocycles. The van der Waals surface area contributed by atoms with E-state index < -0.39 is 0 Å². The number of hydrogen-bond acceptors (Lipinski definition) is 5. The van der Waals surface area contributed by atoms with Crippen molar-refractivity contribution in [3.8, 4) is 11.5 Å². The Morgan fingerprint density at radius 2 is 2.07 bits per heavy atom. The first kappa shape index (κ1) is 18.0. The van der Waals surface area contributed by atoms with Gasteiger partial charge in [-0.3, -0.25) is 4.90 Å².